The lowest BCUT2D eigenvalue weighted by Gasteiger charge is -2.15. The summed E-state index contributed by atoms with van der Waals surface area (Å²) in [5, 5.41) is 9.30. The smallest absolute Gasteiger partial charge is 0.264 e. The normalized spacial score (nSPS) is 15.4. The van der Waals surface area contributed by atoms with E-state index in [0.29, 0.717) is 29.4 Å². The molecule has 3 rings (SSSR count). The monoisotopic (exact) mass is 382 g/mol. The fourth-order valence-electron chi connectivity index (χ4n) is 2.25. The van der Waals surface area contributed by atoms with E-state index in [1.165, 1.54) is 29.7 Å². The number of hydrogen-bond donors (Lipinski definition) is 3. The van der Waals surface area contributed by atoms with Crippen molar-refractivity contribution in [1.82, 2.24) is 10.2 Å². The minimum absolute atomic E-state index is 0.00651. The number of hydrogen-bond acceptors (Lipinski definition) is 5. The third-order valence-corrected chi connectivity index (χ3v) is 5.60. The van der Waals surface area contributed by atoms with Crippen LogP contribution in [0.2, 0.25) is 5.02 Å². The summed E-state index contributed by atoms with van der Waals surface area (Å²) in [6, 6.07) is 12.5. The molecule has 1 aliphatic carbocycles. The third-order valence-electron chi connectivity index (χ3n) is 3.80. The predicted molar refractivity (Wildman–Crippen MR) is 90.2 cm³/mol. The highest BCUT2D eigenvalue weighted by Gasteiger charge is 2.52. The average molecular weight is 383 g/mol. The van der Waals surface area contributed by atoms with E-state index in [1.807, 2.05) is 0 Å². The molecule has 9 heteroatoms. The number of amides is 1. The van der Waals surface area contributed by atoms with Gasteiger partial charge in [-0.05, 0) is 61.4 Å². The number of carbonyl (C=O) groups is 1. The van der Waals surface area contributed by atoms with Crippen LogP contribution in [0.25, 0.3) is 0 Å². The van der Waals surface area contributed by atoms with Crippen LogP contribution in [-0.2, 0) is 14.8 Å². The number of nitrogens with one attached hydrogen (secondary N) is 2. The largest absolute Gasteiger partial charge is 0.457 e. The van der Waals surface area contributed by atoms with Crippen LogP contribution in [0.1, 0.15) is 12.8 Å². The topological polar surface area (TPSA) is 105 Å². The minimum atomic E-state index is -3.90. The molecule has 0 saturated heterocycles. The number of carbonyl (C=O) groups excluding carboxylic acids is 1. The van der Waals surface area contributed by atoms with Crippen molar-refractivity contribution >= 4 is 27.5 Å². The van der Waals surface area contributed by atoms with E-state index in [4.69, 9.17) is 21.5 Å². The van der Waals surface area contributed by atoms with Gasteiger partial charge >= 0.3 is 0 Å². The van der Waals surface area contributed by atoms with Crippen LogP contribution in [0.3, 0.4) is 0 Å². The zero-order valence-corrected chi connectivity index (χ0v) is 14.5. The van der Waals surface area contributed by atoms with Gasteiger partial charge in [0.1, 0.15) is 17.0 Å². The maximum atomic E-state index is 12.4. The summed E-state index contributed by atoms with van der Waals surface area (Å²) < 4.78 is 32.7. The lowest BCUT2D eigenvalue weighted by atomic mass is 10.3. The van der Waals surface area contributed by atoms with Crippen LogP contribution >= 0.6 is 11.6 Å². The molecule has 7 nitrogen and oxygen atoms in total. The summed E-state index contributed by atoms with van der Waals surface area (Å²) in [5.74, 6) is 0.254. The molecule has 0 unspecified atom stereocenters. The fraction of sp³-hybridized carbons (Fsp3) is 0.188. The second kappa shape index (κ2) is 6.64. The SMILES string of the molecule is O=C(NO)C1(NS(=O)(=O)c2ccc(Oc3ccc(Cl)cc3)cc2)CC1. The van der Waals surface area contributed by atoms with Crippen molar-refractivity contribution < 1.29 is 23.2 Å². The van der Waals surface area contributed by atoms with Crippen molar-refractivity contribution in [2.24, 2.45) is 0 Å². The van der Waals surface area contributed by atoms with E-state index in [2.05, 4.69) is 4.72 Å². The second-order valence-corrected chi connectivity index (χ2v) is 7.77. The summed E-state index contributed by atoms with van der Waals surface area (Å²) in [7, 11) is -3.90. The molecular weight excluding hydrogens is 368 g/mol. The number of benzene rings is 2. The first-order chi connectivity index (χ1) is 11.8. The summed E-state index contributed by atoms with van der Waals surface area (Å²) in [4.78, 5) is 11.6. The van der Waals surface area contributed by atoms with Crippen LogP contribution in [0.15, 0.2) is 53.4 Å². The Morgan fingerprint density at radius 3 is 2.04 bits per heavy atom. The van der Waals surface area contributed by atoms with Crippen LogP contribution in [-0.4, -0.2) is 25.1 Å². The number of hydroxylamine groups is 1. The molecule has 0 aliphatic heterocycles. The highest BCUT2D eigenvalue weighted by Crippen LogP contribution is 2.37. The zero-order chi connectivity index (χ0) is 18.1. The van der Waals surface area contributed by atoms with Gasteiger partial charge in [0.2, 0.25) is 10.0 Å². The van der Waals surface area contributed by atoms with Crippen LogP contribution < -0.4 is 14.9 Å². The van der Waals surface area contributed by atoms with Gasteiger partial charge in [-0.15, -0.1) is 0 Å². The quantitative estimate of drug-likeness (QED) is 0.525. The standard InChI is InChI=1S/C16H15ClN2O5S/c17-11-1-3-12(4-2-11)24-13-5-7-14(8-6-13)25(22,23)19-16(9-10-16)15(20)18-21/h1-8,19,21H,9-10H2,(H,18,20). The number of rotatable bonds is 6. The van der Waals surface area contributed by atoms with Crippen molar-refractivity contribution in [3.63, 3.8) is 0 Å². The highest BCUT2D eigenvalue weighted by molar-refractivity contribution is 7.89. The molecule has 0 spiro atoms. The Bertz CT molecular complexity index is 878. The number of sulfonamides is 1. The molecule has 2 aromatic carbocycles. The zero-order valence-electron chi connectivity index (χ0n) is 12.9. The lowest BCUT2D eigenvalue weighted by molar-refractivity contribution is -0.131. The second-order valence-electron chi connectivity index (χ2n) is 5.66. The molecule has 2 aromatic rings. The average Bonchev–Trinajstić information content (AvgIpc) is 3.37. The molecule has 0 bridgehead atoms. The van der Waals surface area contributed by atoms with Gasteiger partial charge in [-0.1, -0.05) is 11.6 Å². The number of ether oxygens (including phenoxy) is 1. The summed E-state index contributed by atoms with van der Waals surface area (Å²) in [5.41, 5.74) is 0.215. The van der Waals surface area contributed by atoms with Gasteiger partial charge in [-0.3, -0.25) is 10.0 Å². The summed E-state index contributed by atoms with van der Waals surface area (Å²) >= 11 is 5.80. The van der Waals surface area contributed by atoms with Crippen LogP contribution in [0.4, 0.5) is 0 Å². The maximum absolute atomic E-state index is 12.4. The molecule has 132 valence electrons. The minimum Gasteiger partial charge on any atom is -0.457 e. The fourth-order valence-corrected chi connectivity index (χ4v) is 3.80. The Balaban J connectivity index is 1.73. The molecule has 0 aromatic heterocycles. The van der Waals surface area contributed by atoms with Gasteiger partial charge < -0.3 is 4.74 Å². The van der Waals surface area contributed by atoms with Gasteiger partial charge in [0.25, 0.3) is 5.91 Å². The first-order valence-corrected chi connectivity index (χ1v) is 9.23. The van der Waals surface area contributed by atoms with Crippen LogP contribution in [0, 0.1) is 0 Å². The van der Waals surface area contributed by atoms with E-state index >= 15 is 0 Å². The Kier molecular flexibility index (Phi) is 4.70. The van der Waals surface area contributed by atoms with E-state index < -0.39 is 21.5 Å². The molecular formula is C16H15ClN2O5S. The molecule has 1 aliphatic rings. The van der Waals surface area contributed by atoms with E-state index in [9.17, 15) is 13.2 Å². The molecule has 1 fully saturated rings. The highest BCUT2D eigenvalue weighted by atomic mass is 35.5. The molecule has 0 heterocycles. The molecule has 1 saturated carbocycles. The lowest BCUT2D eigenvalue weighted by Crippen LogP contribution is -2.48. The predicted octanol–water partition coefficient (Wildman–Crippen LogP) is 2.45. The molecule has 1 amide bonds. The number of halogens is 1. The Labute approximate surface area is 149 Å². The molecule has 25 heavy (non-hydrogen) atoms. The summed E-state index contributed by atoms with van der Waals surface area (Å²) in [6.45, 7) is 0. The van der Waals surface area contributed by atoms with Crippen molar-refractivity contribution in [3.05, 3.63) is 53.6 Å². The van der Waals surface area contributed by atoms with Gasteiger partial charge in [-0.2, -0.15) is 4.72 Å². The van der Waals surface area contributed by atoms with Crippen molar-refractivity contribution in [2.45, 2.75) is 23.3 Å². The van der Waals surface area contributed by atoms with Crippen LogP contribution in [0.5, 0.6) is 11.5 Å². The maximum Gasteiger partial charge on any atom is 0.264 e. The molecule has 0 atom stereocenters. The summed E-state index contributed by atoms with van der Waals surface area (Å²) in [6.07, 6.45) is 0.659. The molecule has 3 N–H and O–H groups in total. The first kappa shape index (κ1) is 17.7. The van der Waals surface area contributed by atoms with Crippen molar-refractivity contribution in [3.8, 4) is 11.5 Å². The van der Waals surface area contributed by atoms with Gasteiger partial charge in [-0.25, -0.2) is 13.9 Å². The Hall–Kier alpha value is -2.13. The van der Waals surface area contributed by atoms with Gasteiger partial charge in [0.15, 0.2) is 0 Å². The van der Waals surface area contributed by atoms with Crippen molar-refractivity contribution in [1.29, 1.82) is 0 Å². The third kappa shape index (κ3) is 3.93. The molecule has 0 radical (unpaired) electrons. The van der Waals surface area contributed by atoms with Gasteiger partial charge in [0, 0.05) is 5.02 Å². The van der Waals surface area contributed by atoms with Gasteiger partial charge in [0.05, 0.1) is 4.90 Å². The van der Waals surface area contributed by atoms with Crippen molar-refractivity contribution in [2.75, 3.05) is 0 Å². The van der Waals surface area contributed by atoms with E-state index in [-0.39, 0.29) is 4.90 Å². The Morgan fingerprint density at radius 2 is 1.56 bits per heavy atom. The Morgan fingerprint density at radius 1 is 1.04 bits per heavy atom. The van der Waals surface area contributed by atoms with E-state index in [1.54, 1.807) is 24.3 Å². The first-order valence-electron chi connectivity index (χ1n) is 7.37. The van der Waals surface area contributed by atoms with E-state index in [0.717, 1.165) is 0 Å².